The van der Waals surface area contributed by atoms with Crippen LogP contribution < -0.4 is 15.5 Å². The van der Waals surface area contributed by atoms with E-state index in [1.807, 2.05) is 24.5 Å². The van der Waals surface area contributed by atoms with E-state index in [0.29, 0.717) is 13.1 Å². The summed E-state index contributed by atoms with van der Waals surface area (Å²) in [5.74, 6) is 0. The predicted molar refractivity (Wildman–Crippen MR) is 112 cm³/mol. The minimum absolute atomic E-state index is 0.0906. The standard InChI is InChI=1S/C19H21BrN6O2/c20-14-9-23-18-16(15(10-24-18)22-8-12-3-1-5-21-7-12)17(14)26-6-2-4-13(11-26)25-19(27)28/h1,3,5,7,9-10,13,22,25H,2,4,6,8,11H2,(H,23,24)(H,27,28). The molecule has 28 heavy (non-hydrogen) atoms. The van der Waals surface area contributed by atoms with Gasteiger partial charge in [-0.2, -0.15) is 0 Å². The minimum atomic E-state index is -0.980. The molecule has 0 radical (unpaired) electrons. The van der Waals surface area contributed by atoms with Crippen molar-refractivity contribution < 1.29 is 9.90 Å². The summed E-state index contributed by atoms with van der Waals surface area (Å²) in [6.07, 6.45) is 8.08. The summed E-state index contributed by atoms with van der Waals surface area (Å²) in [7, 11) is 0. The number of carbonyl (C=O) groups is 1. The molecule has 1 fully saturated rings. The molecule has 4 rings (SSSR count). The van der Waals surface area contributed by atoms with Crippen molar-refractivity contribution in [3.05, 3.63) is 47.0 Å². The normalized spacial score (nSPS) is 16.9. The van der Waals surface area contributed by atoms with E-state index in [1.165, 1.54) is 0 Å². The highest BCUT2D eigenvalue weighted by Crippen LogP contribution is 2.39. The number of fused-ring (bicyclic) bond motifs is 1. The second-order valence-corrected chi connectivity index (χ2v) is 7.68. The van der Waals surface area contributed by atoms with Gasteiger partial charge < -0.3 is 25.6 Å². The van der Waals surface area contributed by atoms with E-state index < -0.39 is 6.09 Å². The highest BCUT2D eigenvalue weighted by Gasteiger charge is 2.25. The average molecular weight is 445 g/mol. The largest absolute Gasteiger partial charge is 0.465 e. The van der Waals surface area contributed by atoms with E-state index in [-0.39, 0.29) is 6.04 Å². The van der Waals surface area contributed by atoms with Crippen molar-refractivity contribution in [2.24, 2.45) is 0 Å². The number of rotatable bonds is 5. The average Bonchev–Trinajstić information content (AvgIpc) is 3.10. The van der Waals surface area contributed by atoms with Gasteiger partial charge in [0, 0.05) is 50.5 Å². The van der Waals surface area contributed by atoms with Crippen LogP contribution in [-0.4, -0.2) is 45.3 Å². The molecule has 1 aliphatic rings. The molecule has 1 atom stereocenters. The van der Waals surface area contributed by atoms with Gasteiger partial charge in [0.2, 0.25) is 0 Å². The lowest BCUT2D eigenvalue weighted by molar-refractivity contribution is 0.188. The summed E-state index contributed by atoms with van der Waals surface area (Å²) in [5.41, 5.74) is 3.86. The van der Waals surface area contributed by atoms with Gasteiger partial charge in [0.25, 0.3) is 0 Å². The third-order valence-electron chi connectivity index (χ3n) is 4.90. The maximum atomic E-state index is 11.1. The fourth-order valence-electron chi connectivity index (χ4n) is 3.68. The summed E-state index contributed by atoms with van der Waals surface area (Å²) in [4.78, 5) is 25.1. The van der Waals surface area contributed by atoms with Crippen LogP contribution in [0.15, 0.2) is 41.4 Å². The Morgan fingerprint density at radius 3 is 3.11 bits per heavy atom. The predicted octanol–water partition coefficient (Wildman–Crippen LogP) is 3.57. The molecule has 8 nitrogen and oxygen atoms in total. The summed E-state index contributed by atoms with van der Waals surface area (Å²) >= 11 is 3.65. The molecule has 0 saturated carbocycles. The molecule has 1 saturated heterocycles. The monoisotopic (exact) mass is 444 g/mol. The first-order valence-electron chi connectivity index (χ1n) is 9.14. The number of halogens is 1. The van der Waals surface area contributed by atoms with E-state index in [0.717, 1.165) is 51.8 Å². The highest BCUT2D eigenvalue weighted by molar-refractivity contribution is 9.10. The molecule has 146 valence electrons. The Balaban J connectivity index is 1.64. The van der Waals surface area contributed by atoms with Gasteiger partial charge in [-0.3, -0.25) is 4.98 Å². The number of piperidine rings is 1. The Morgan fingerprint density at radius 2 is 2.32 bits per heavy atom. The zero-order valence-corrected chi connectivity index (χ0v) is 16.7. The lowest BCUT2D eigenvalue weighted by atomic mass is 10.0. The van der Waals surface area contributed by atoms with Crippen LogP contribution in [0.1, 0.15) is 18.4 Å². The van der Waals surface area contributed by atoms with Crippen molar-refractivity contribution >= 4 is 44.4 Å². The van der Waals surface area contributed by atoms with Crippen LogP contribution in [0.3, 0.4) is 0 Å². The molecule has 1 amide bonds. The Bertz CT molecular complexity index is 977. The number of hydrogen-bond donors (Lipinski definition) is 4. The van der Waals surface area contributed by atoms with Gasteiger partial charge in [-0.1, -0.05) is 6.07 Å². The Labute approximate surface area is 170 Å². The van der Waals surface area contributed by atoms with Crippen LogP contribution in [0.5, 0.6) is 0 Å². The lowest BCUT2D eigenvalue weighted by Crippen LogP contribution is -2.47. The first kappa shape index (κ1) is 18.5. The van der Waals surface area contributed by atoms with Crippen molar-refractivity contribution in [3.63, 3.8) is 0 Å². The molecule has 4 N–H and O–H groups in total. The van der Waals surface area contributed by atoms with Crippen LogP contribution in [-0.2, 0) is 6.54 Å². The second-order valence-electron chi connectivity index (χ2n) is 6.83. The minimum Gasteiger partial charge on any atom is -0.465 e. The molecule has 9 heteroatoms. The number of pyridine rings is 2. The zero-order chi connectivity index (χ0) is 19.5. The third-order valence-corrected chi connectivity index (χ3v) is 5.48. The Hall–Kier alpha value is -2.81. The fourth-order valence-corrected chi connectivity index (χ4v) is 4.23. The van der Waals surface area contributed by atoms with Crippen LogP contribution in [0, 0.1) is 0 Å². The molecular formula is C19H21BrN6O2. The number of anilines is 2. The van der Waals surface area contributed by atoms with E-state index in [9.17, 15) is 4.79 Å². The van der Waals surface area contributed by atoms with E-state index in [1.54, 1.807) is 12.4 Å². The second kappa shape index (κ2) is 8.05. The third kappa shape index (κ3) is 3.89. The number of amides is 1. The molecule has 3 aromatic rings. The fraction of sp³-hybridized carbons (Fsp3) is 0.316. The maximum absolute atomic E-state index is 11.1. The molecule has 0 aromatic carbocycles. The van der Waals surface area contributed by atoms with E-state index in [2.05, 4.69) is 46.4 Å². The molecule has 0 spiro atoms. The van der Waals surface area contributed by atoms with E-state index >= 15 is 0 Å². The van der Waals surface area contributed by atoms with Crippen molar-refractivity contribution in [1.82, 2.24) is 20.3 Å². The van der Waals surface area contributed by atoms with Crippen molar-refractivity contribution in [3.8, 4) is 0 Å². The smallest absolute Gasteiger partial charge is 0.404 e. The van der Waals surface area contributed by atoms with Crippen molar-refractivity contribution in [1.29, 1.82) is 0 Å². The first-order valence-corrected chi connectivity index (χ1v) is 9.94. The zero-order valence-electron chi connectivity index (χ0n) is 15.2. The topological polar surface area (TPSA) is 106 Å². The van der Waals surface area contributed by atoms with Gasteiger partial charge in [-0.25, -0.2) is 9.78 Å². The van der Waals surface area contributed by atoms with Gasteiger partial charge >= 0.3 is 6.09 Å². The van der Waals surface area contributed by atoms with Crippen LogP contribution in [0.25, 0.3) is 11.0 Å². The number of aromatic amines is 1. The molecule has 0 bridgehead atoms. The molecule has 0 aliphatic carbocycles. The number of H-pyrrole nitrogens is 1. The van der Waals surface area contributed by atoms with Crippen LogP contribution in [0.2, 0.25) is 0 Å². The molecule has 1 aliphatic heterocycles. The highest BCUT2D eigenvalue weighted by atomic mass is 79.9. The van der Waals surface area contributed by atoms with Crippen molar-refractivity contribution in [2.75, 3.05) is 23.3 Å². The lowest BCUT2D eigenvalue weighted by Gasteiger charge is -2.35. The van der Waals surface area contributed by atoms with Gasteiger partial charge in [0.1, 0.15) is 5.65 Å². The number of aromatic nitrogens is 3. The molecule has 4 heterocycles. The quantitative estimate of drug-likeness (QED) is 0.479. The SMILES string of the molecule is O=C(O)NC1CCCN(c2c(Br)cnc3[nH]cc(NCc4cccnc4)c23)C1. The van der Waals surface area contributed by atoms with Gasteiger partial charge in [-0.15, -0.1) is 0 Å². The summed E-state index contributed by atoms with van der Waals surface area (Å²) < 4.78 is 0.889. The van der Waals surface area contributed by atoms with Gasteiger partial charge in [0.15, 0.2) is 0 Å². The maximum Gasteiger partial charge on any atom is 0.404 e. The van der Waals surface area contributed by atoms with Crippen LogP contribution >= 0.6 is 15.9 Å². The van der Waals surface area contributed by atoms with Crippen molar-refractivity contribution in [2.45, 2.75) is 25.4 Å². The number of hydrogen-bond acceptors (Lipinski definition) is 5. The summed E-state index contributed by atoms with van der Waals surface area (Å²) in [6, 6.07) is 3.85. The van der Waals surface area contributed by atoms with Gasteiger partial charge in [0.05, 0.1) is 21.2 Å². The summed E-state index contributed by atoms with van der Waals surface area (Å²) in [6.45, 7) is 2.13. The molecule has 3 aromatic heterocycles. The Kier molecular flexibility index (Phi) is 5.34. The van der Waals surface area contributed by atoms with Gasteiger partial charge in [-0.05, 0) is 40.4 Å². The summed E-state index contributed by atoms with van der Waals surface area (Å²) in [5, 5.41) is 16.1. The number of nitrogens with one attached hydrogen (secondary N) is 3. The number of nitrogens with zero attached hydrogens (tertiary/aromatic N) is 3. The Morgan fingerprint density at radius 1 is 1.43 bits per heavy atom. The molecule has 1 unspecified atom stereocenters. The molecular weight excluding hydrogens is 424 g/mol. The van der Waals surface area contributed by atoms with E-state index in [4.69, 9.17) is 5.11 Å². The first-order chi connectivity index (χ1) is 13.6. The van der Waals surface area contributed by atoms with Crippen LogP contribution in [0.4, 0.5) is 16.2 Å². The number of carboxylic acid groups (broad SMARTS) is 1.